The Hall–Kier alpha value is -2.96. The summed E-state index contributed by atoms with van der Waals surface area (Å²) in [7, 11) is 0. The number of nitro groups is 1. The first-order chi connectivity index (χ1) is 12.0. The van der Waals surface area contributed by atoms with Gasteiger partial charge in [-0.05, 0) is 29.7 Å². The highest BCUT2D eigenvalue weighted by Crippen LogP contribution is 2.27. The molecule has 0 saturated carbocycles. The molecule has 3 rings (SSSR count). The van der Waals surface area contributed by atoms with Crippen molar-refractivity contribution in [3.8, 4) is 0 Å². The zero-order valence-corrected chi connectivity index (χ0v) is 13.6. The Morgan fingerprint density at radius 1 is 1.16 bits per heavy atom. The van der Waals surface area contributed by atoms with Crippen LogP contribution in [0.1, 0.15) is 24.0 Å². The minimum Gasteiger partial charge on any atom is -0.375 e. The molecule has 6 nitrogen and oxygen atoms in total. The van der Waals surface area contributed by atoms with E-state index in [-0.39, 0.29) is 11.6 Å². The monoisotopic (exact) mass is 343 g/mol. The largest absolute Gasteiger partial charge is 0.375 e. The Kier molecular flexibility index (Phi) is 4.92. The molecule has 0 aliphatic carbocycles. The number of benzene rings is 2. The van der Waals surface area contributed by atoms with E-state index in [2.05, 4.69) is 5.32 Å². The molecular weight excluding hydrogens is 325 g/mol. The predicted molar refractivity (Wildman–Crippen MR) is 91.5 cm³/mol. The van der Waals surface area contributed by atoms with Crippen LogP contribution in [0.3, 0.4) is 0 Å². The number of hydrogen-bond acceptors (Lipinski definition) is 4. The van der Waals surface area contributed by atoms with E-state index < -0.39 is 16.4 Å². The number of hydrogen-bond donors (Lipinski definition) is 1. The third-order valence-corrected chi connectivity index (χ3v) is 4.22. The average molecular weight is 343 g/mol. The highest BCUT2D eigenvalue weighted by molar-refractivity contribution is 5.78. The second-order valence-corrected chi connectivity index (χ2v) is 5.98. The van der Waals surface area contributed by atoms with Crippen molar-refractivity contribution in [2.75, 3.05) is 11.9 Å². The average Bonchev–Trinajstić information content (AvgIpc) is 2.99. The van der Waals surface area contributed by atoms with Gasteiger partial charge in [0.25, 0.3) is 0 Å². The fourth-order valence-electron chi connectivity index (χ4n) is 2.89. The number of amides is 1. The smallest absolute Gasteiger partial charge is 0.327 e. The van der Waals surface area contributed by atoms with Gasteiger partial charge in [-0.15, -0.1) is 0 Å². The van der Waals surface area contributed by atoms with Crippen molar-refractivity contribution in [3.63, 3.8) is 0 Å². The first-order valence-electron chi connectivity index (χ1n) is 8.07. The summed E-state index contributed by atoms with van der Waals surface area (Å²) in [5.41, 5.74) is 1.55. The standard InChI is InChI=1S/C18H18FN3O3/c19-15-3-1-4-16(18(15)22(24)25)20-11-13-6-8-14(9-7-13)12-21-10-2-5-17(21)23/h1,3-4,6-9,20H,2,5,10-12H2. The lowest BCUT2D eigenvalue weighted by molar-refractivity contribution is -0.386. The van der Waals surface area contributed by atoms with Crippen molar-refractivity contribution in [1.82, 2.24) is 4.90 Å². The van der Waals surface area contributed by atoms with Crippen molar-refractivity contribution in [2.24, 2.45) is 0 Å². The van der Waals surface area contributed by atoms with Gasteiger partial charge in [-0.2, -0.15) is 4.39 Å². The fraction of sp³-hybridized carbons (Fsp3) is 0.278. The summed E-state index contributed by atoms with van der Waals surface area (Å²) in [5, 5.41) is 13.9. The number of nitrogens with zero attached hydrogens (tertiary/aromatic N) is 2. The normalized spacial score (nSPS) is 14.0. The molecule has 1 amide bonds. The highest BCUT2D eigenvalue weighted by atomic mass is 19.1. The van der Waals surface area contributed by atoms with Crippen molar-refractivity contribution in [1.29, 1.82) is 0 Å². The van der Waals surface area contributed by atoms with Gasteiger partial charge >= 0.3 is 5.69 Å². The molecule has 1 aliphatic rings. The Bertz CT molecular complexity index is 793. The highest BCUT2D eigenvalue weighted by Gasteiger charge is 2.20. The molecule has 1 N–H and O–H groups in total. The number of anilines is 1. The molecule has 0 bridgehead atoms. The fourth-order valence-corrected chi connectivity index (χ4v) is 2.89. The molecule has 7 heteroatoms. The minimum atomic E-state index is -0.861. The van der Waals surface area contributed by atoms with E-state index in [1.165, 1.54) is 12.1 Å². The second kappa shape index (κ2) is 7.29. The van der Waals surface area contributed by atoms with Crippen LogP contribution < -0.4 is 5.32 Å². The lowest BCUT2D eigenvalue weighted by Crippen LogP contribution is -2.23. The van der Waals surface area contributed by atoms with Gasteiger partial charge in [0.15, 0.2) is 0 Å². The summed E-state index contributed by atoms with van der Waals surface area (Å²) in [4.78, 5) is 23.7. The first-order valence-corrected chi connectivity index (χ1v) is 8.07. The quantitative estimate of drug-likeness (QED) is 0.644. The SMILES string of the molecule is O=C1CCCN1Cc1ccc(CNc2cccc(F)c2[N+](=O)[O-])cc1. The van der Waals surface area contributed by atoms with Gasteiger partial charge in [0.1, 0.15) is 5.69 Å². The van der Waals surface area contributed by atoms with Crippen molar-refractivity contribution in [3.05, 3.63) is 69.5 Å². The van der Waals surface area contributed by atoms with E-state index in [0.717, 1.165) is 30.2 Å². The molecular formula is C18H18FN3O3. The first kappa shape index (κ1) is 16.9. The third kappa shape index (κ3) is 3.93. The van der Waals surface area contributed by atoms with Crippen LogP contribution in [-0.2, 0) is 17.9 Å². The zero-order chi connectivity index (χ0) is 17.8. The van der Waals surface area contributed by atoms with Crippen LogP contribution in [0.2, 0.25) is 0 Å². The van der Waals surface area contributed by atoms with Gasteiger partial charge in [-0.1, -0.05) is 30.3 Å². The number of likely N-dealkylation sites (tertiary alicyclic amines) is 1. The molecule has 1 aliphatic heterocycles. The number of para-hydroxylation sites is 1. The summed E-state index contributed by atoms with van der Waals surface area (Å²) in [5.74, 6) is -0.676. The molecule has 130 valence electrons. The maximum atomic E-state index is 13.6. The molecule has 25 heavy (non-hydrogen) atoms. The Morgan fingerprint density at radius 2 is 1.88 bits per heavy atom. The maximum absolute atomic E-state index is 13.6. The number of halogens is 1. The van der Waals surface area contributed by atoms with Crippen molar-refractivity contribution in [2.45, 2.75) is 25.9 Å². The molecule has 0 spiro atoms. The van der Waals surface area contributed by atoms with E-state index in [4.69, 9.17) is 0 Å². The molecule has 2 aromatic rings. The van der Waals surface area contributed by atoms with E-state index in [1.807, 2.05) is 29.2 Å². The molecule has 0 aromatic heterocycles. The zero-order valence-electron chi connectivity index (χ0n) is 13.6. The topological polar surface area (TPSA) is 75.5 Å². The lowest BCUT2D eigenvalue weighted by atomic mass is 10.1. The summed E-state index contributed by atoms with van der Waals surface area (Å²) < 4.78 is 13.6. The van der Waals surface area contributed by atoms with E-state index in [9.17, 15) is 19.3 Å². The van der Waals surface area contributed by atoms with Crippen LogP contribution in [0.4, 0.5) is 15.8 Å². The summed E-state index contributed by atoms with van der Waals surface area (Å²) >= 11 is 0. The number of nitrogens with one attached hydrogen (secondary N) is 1. The van der Waals surface area contributed by atoms with Crippen LogP contribution in [0.15, 0.2) is 42.5 Å². The Labute approximate surface area is 144 Å². The van der Waals surface area contributed by atoms with Crippen LogP contribution in [0, 0.1) is 15.9 Å². The molecule has 1 heterocycles. The predicted octanol–water partition coefficient (Wildman–Crippen LogP) is 3.47. The summed E-state index contributed by atoms with van der Waals surface area (Å²) in [6, 6.07) is 11.6. The van der Waals surface area contributed by atoms with Crippen molar-refractivity contribution < 1.29 is 14.1 Å². The molecule has 0 atom stereocenters. The lowest BCUT2D eigenvalue weighted by Gasteiger charge is -2.15. The van der Waals surface area contributed by atoms with Gasteiger partial charge in [0, 0.05) is 26.1 Å². The molecule has 2 aromatic carbocycles. The van der Waals surface area contributed by atoms with Crippen LogP contribution in [0.5, 0.6) is 0 Å². The number of carbonyl (C=O) groups excluding carboxylic acids is 1. The van der Waals surface area contributed by atoms with Crippen LogP contribution in [0.25, 0.3) is 0 Å². The number of rotatable bonds is 6. The number of carbonyl (C=O) groups is 1. The van der Waals surface area contributed by atoms with E-state index >= 15 is 0 Å². The molecule has 1 fully saturated rings. The third-order valence-electron chi connectivity index (χ3n) is 4.22. The van der Waals surface area contributed by atoms with Gasteiger partial charge in [-0.25, -0.2) is 0 Å². The molecule has 0 unspecified atom stereocenters. The molecule has 0 radical (unpaired) electrons. The van der Waals surface area contributed by atoms with E-state index in [1.54, 1.807) is 0 Å². The Balaban J connectivity index is 1.64. The summed E-state index contributed by atoms with van der Waals surface area (Å²) in [6.07, 6.45) is 1.53. The van der Waals surface area contributed by atoms with Crippen LogP contribution >= 0.6 is 0 Å². The van der Waals surface area contributed by atoms with Gasteiger partial charge in [0.2, 0.25) is 11.7 Å². The second-order valence-electron chi connectivity index (χ2n) is 5.98. The molecule has 1 saturated heterocycles. The van der Waals surface area contributed by atoms with Gasteiger partial charge in [0.05, 0.1) is 4.92 Å². The van der Waals surface area contributed by atoms with E-state index in [0.29, 0.717) is 19.5 Å². The Morgan fingerprint density at radius 3 is 2.52 bits per heavy atom. The maximum Gasteiger partial charge on any atom is 0.327 e. The summed E-state index contributed by atoms with van der Waals surface area (Å²) in [6.45, 7) is 1.74. The van der Waals surface area contributed by atoms with Gasteiger partial charge in [-0.3, -0.25) is 14.9 Å². The van der Waals surface area contributed by atoms with Crippen LogP contribution in [-0.4, -0.2) is 22.3 Å². The number of nitro benzene ring substituents is 1. The minimum absolute atomic E-state index is 0.150. The van der Waals surface area contributed by atoms with Gasteiger partial charge < -0.3 is 10.2 Å². The van der Waals surface area contributed by atoms with Crippen molar-refractivity contribution >= 4 is 17.3 Å².